The molecule has 0 spiro atoms. The fraction of sp³-hybridized carbons (Fsp3) is 0.462. The highest BCUT2D eigenvalue weighted by Gasteiger charge is 2.19. The molecule has 0 radical (unpaired) electrons. The number of rotatable bonds is 3. The van der Waals surface area contributed by atoms with Crippen LogP contribution >= 0.6 is 11.6 Å². The first kappa shape index (κ1) is 12.2. The summed E-state index contributed by atoms with van der Waals surface area (Å²) in [6.07, 6.45) is 1.21. The molecule has 0 saturated carbocycles. The van der Waals surface area contributed by atoms with Gasteiger partial charge in [-0.3, -0.25) is 0 Å². The average molecular weight is 250 g/mol. The number of hydrogen-bond donors (Lipinski definition) is 1. The minimum Gasteiger partial charge on any atom is -0.384 e. The molecular weight excluding hydrogens is 234 g/mol. The summed E-state index contributed by atoms with van der Waals surface area (Å²) < 4.78 is 0. The van der Waals surface area contributed by atoms with Gasteiger partial charge in [0.2, 0.25) is 0 Å². The first-order chi connectivity index (χ1) is 8.20. The molecule has 0 aliphatic carbocycles. The summed E-state index contributed by atoms with van der Waals surface area (Å²) in [5.41, 5.74) is 1.38. The third-order valence-electron chi connectivity index (χ3n) is 3.20. The Morgan fingerprint density at radius 2 is 2.41 bits per heavy atom. The van der Waals surface area contributed by atoms with Crippen molar-refractivity contribution in [1.82, 2.24) is 4.90 Å². The van der Waals surface area contributed by atoms with Gasteiger partial charge < -0.3 is 10.2 Å². The molecule has 1 aliphatic rings. The lowest BCUT2D eigenvalue weighted by Gasteiger charge is -2.14. The number of halogens is 1. The van der Waals surface area contributed by atoms with Crippen molar-refractivity contribution >= 4 is 17.3 Å². The number of hydrogen-bond acceptors (Lipinski definition) is 3. The number of nitriles is 1. The van der Waals surface area contributed by atoms with Crippen molar-refractivity contribution in [3.63, 3.8) is 0 Å². The summed E-state index contributed by atoms with van der Waals surface area (Å²) in [5.74, 6) is 0.658. The Labute approximate surface area is 107 Å². The zero-order valence-corrected chi connectivity index (χ0v) is 10.7. The fourth-order valence-electron chi connectivity index (χ4n) is 2.23. The molecule has 1 heterocycles. The van der Waals surface area contributed by atoms with Crippen molar-refractivity contribution in [3.8, 4) is 6.07 Å². The molecule has 1 N–H and O–H groups in total. The van der Waals surface area contributed by atoms with E-state index < -0.39 is 0 Å². The number of benzene rings is 1. The van der Waals surface area contributed by atoms with E-state index in [-0.39, 0.29) is 0 Å². The molecule has 2 rings (SSSR count). The van der Waals surface area contributed by atoms with Gasteiger partial charge in [-0.05, 0) is 38.1 Å². The lowest BCUT2D eigenvalue weighted by Crippen LogP contribution is -2.19. The minimum absolute atomic E-state index is 0.515. The molecular formula is C13H16ClN3. The van der Waals surface area contributed by atoms with Gasteiger partial charge in [0.25, 0.3) is 0 Å². The van der Waals surface area contributed by atoms with Crippen molar-refractivity contribution in [2.75, 3.05) is 32.0 Å². The molecule has 1 fully saturated rings. The summed E-state index contributed by atoms with van der Waals surface area (Å²) in [7, 11) is 2.14. The lowest BCUT2D eigenvalue weighted by molar-refractivity contribution is 0.399. The quantitative estimate of drug-likeness (QED) is 0.895. The van der Waals surface area contributed by atoms with Gasteiger partial charge in [0.1, 0.15) is 6.07 Å². The Balaban J connectivity index is 2.00. The summed E-state index contributed by atoms with van der Waals surface area (Å²) in [5, 5.41) is 12.9. The predicted molar refractivity (Wildman–Crippen MR) is 70.3 cm³/mol. The topological polar surface area (TPSA) is 39.1 Å². The van der Waals surface area contributed by atoms with Gasteiger partial charge in [-0.25, -0.2) is 0 Å². The summed E-state index contributed by atoms with van der Waals surface area (Å²) >= 11 is 5.98. The third kappa shape index (κ3) is 2.91. The van der Waals surface area contributed by atoms with E-state index in [1.54, 1.807) is 6.07 Å². The van der Waals surface area contributed by atoms with Crippen LogP contribution < -0.4 is 5.32 Å². The Morgan fingerprint density at radius 3 is 3.06 bits per heavy atom. The molecule has 1 aromatic rings. The van der Waals surface area contributed by atoms with Gasteiger partial charge >= 0.3 is 0 Å². The normalized spacial score (nSPS) is 20.2. The van der Waals surface area contributed by atoms with E-state index in [4.69, 9.17) is 16.9 Å². The van der Waals surface area contributed by atoms with E-state index in [1.165, 1.54) is 6.42 Å². The van der Waals surface area contributed by atoms with Crippen LogP contribution in [0.15, 0.2) is 18.2 Å². The van der Waals surface area contributed by atoms with Crippen molar-refractivity contribution < 1.29 is 0 Å². The summed E-state index contributed by atoms with van der Waals surface area (Å²) in [4.78, 5) is 2.33. The monoisotopic (exact) mass is 249 g/mol. The maximum absolute atomic E-state index is 9.05. The van der Waals surface area contributed by atoms with Gasteiger partial charge in [0, 0.05) is 13.1 Å². The second-order valence-electron chi connectivity index (χ2n) is 4.57. The van der Waals surface area contributed by atoms with Gasteiger partial charge in [-0.15, -0.1) is 0 Å². The van der Waals surface area contributed by atoms with E-state index >= 15 is 0 Å². The van der Waals surface area contributed by atoms with E-state index in [0.29, 0.717) is 16.5 Å². The fourth-order valence-corrected chi connectivity index (χ4v) is 2.45. The molecule has 1 unspecified atom stereocenters. The molecule has 4 heteroatoms. The molecule has 0 aromatic heterocycles. The van der Waals surface area contributed by atoms with E-state index in [0.717, 1.165) is 25.3 Å². The third-order valence-corrected chi connectivity index (χ3v) is 3.51. The second kappa shape index (κ2) is 5.39. The van der Waals surface area contributed by atoms with Crippen LogP contribution in [0.25, 0.3) is 0 Å². The molecule has 90 valence electrons. The van der Waals surface area contributed by atoms with Gasteiger partial charge in [-0.2, -0.15) is 5.26 Å². The number of nitrogens with one attached hydrogen (secondary N) is 1. The van der Waals surface area contributed by atoms with Crippen LogP contribution in [-0.4, -0.2) is 31.6 Å². The van der Waals surface area contributed by atoms with Crippen molar-refractivity contribution in [2.45, 2.75) is 6.42 Å². The first-order valence-electron chi connectivity index (χ1n) is 5.81. The molecule has 0 bridgehead atoms. The molecule has 3 nitrogen and oxygen atoms in total. The summed E-state index contributed by atoms with van der Waals surface area (Å²) in [6, 6.07) is 7.66. The van der Waals surface area contributed by atoms with E-state index in [9.17, 15) is 0 Å². The zero-order chi connectivity index (χ0) is 12.3. The largest absolute Gasteiger partial charge is 0.384 e. The van der Waals surface area contributed by atoms with Crippen LogP contribution in [0.1, 0.15) is 12.0 Å². The number of nitrogens with zero attached hydrogens (tertiary/aromatic N) is 2. The predicted octanol–water partition coefficient (Wildman–Crippen LogP) is 2.58. The Morgan fingerprint density at radius 1 is 1.59 bits per heavy atom. The summed E-state index contributed by atoms with van der Waals surface area (Å²) in [6.45, 7) is 3.18. The van der Waals surface area contributed by atoms with Crippen molar-refractivity contribution in [2.24, 2.45) is 5.92 Å². The van der Waals surface area contributed by atoms with E-state index in [1.807, 2.05) is 12.1 Å². The van der Waals surface area contributed by atoms with Crippen LogP contribution in [0.2, 0.25) is 5.02 Å². The standard InChI is InChI=1S/C13H16ClN3/c1-17-6-5-10(9-17)8-16-13-4-2-3-12(14)11(13)7-15/h2-4,10,16H,5-6,8-9H2,1H3. The Kier molecular flexibility index (Phi) is 3.88. The van der Waals surface area contributed by atoms with Gasteiger partial charge in [-0.1, -0.05) is 17.7 Å². The van der Waals surface area contributed by atoms with Crippen LogP contribution in [0.3, 0.4) is 0 Å². The first-order valence-corrected chi connectivity index (χ1v) is 6.19. The van der Waals surface area contributed by atoms with Gasteiger partial charge in [0.05, 0.1) is 16.3 Å². The Hall–Kier alpha value is -1.24. The van der Waals surface area contributed by atoms with Crippen LogP contribution in [-0.2, 0) is 0 Å². The number of anilines is 1. The zero-order valence-electron chi connectivity index (χ0n) is 9.91. The van der Waals surface area contributed by atoms with Crippen molar-refractivity contribution in [1.29, 1.82) is 5.26 Å². The highest BCUT2D eigenvalue weighted by molar-refractivity contribution is 6.32. The maximum Gasteiger partial charge on any atom is 0.103 e. The highest BCUT2D eigenvalue weighted by atomic mass is 35.5. The minimum atomic E-state index is 0.515. The highest BCUT2D eigenvalue weighted by Crippen LogP contribution is 2.24. The average Bonchev–Trinajstić information content (AvgIpc) is 2.72. The smallest absolute Gasteiger partial charge is 0.103 e. The van der Waals surface area contributed by atoms with Gasteiger partial charge in [0.15, 0.2) is 0 Å². The molecule has 1 atom stereocenters. The molecule has 1 saturated heterocycles. The van der Waals surface area contributed by atoms with Crippen molar-refractivity contribution in [3.05, 3.63) is 28.8 Å². The molecule has 1 aliphatic heterocycles. The molecule has 0 amide bonds. The van der Waals surface area contributed by atoms with E-state index in [2.05, 4.69) is 23.3 Å². The maximum atomic E-state index is 9.05. The lowest BCUT2D eigenvalue weighted by atomic mass is 10.1. The van der Waals surface area contributed by atoms with Crippen LogP contribution in [0.4, 0.5) is 5.69 Å². The molecule has 1 aromatic carbocycles. The molecule has 17 heavy (non-hydrogen) atoms. The Bertz CT molecular complexity index is 439. The van der Waals surface area contributed by atoms with Crippen LogP contribution in [0.5, 0.6) is 0 Å². The van der Waals surface area contributed by atoms with Crippen LogP contribution in [0, 0.1) is 17.2 Å². The SMILES string of the molecule is CN1CCC(CNc2cccc(Cl)c2C#N)C1. The number of likely N-dealkylation sites (tertiary alicyclic amines) is 1. The second-order valence-corrected chi connectivity index (χ2v) is 4.98.